The molecular weight excluding hydrogens is 434 g/mol. The molecule has 0 N–H and O–H groups in total. The molecule has 0 aliphatic rings. The number of rotatable bonds is 2. The summed E-state index contributed by atoms with van der Waals surface area (Å²) in [6.45, 7) is 0. The van der Waals surface area contributed by atoms with Gasteiger partial charge in [-0.1, -0.05) is 27.5 Å². The zero-order valence-corrected chi connectivity index (χ0v) is 12.4. The summed E-state index contributed by atoms with van der Waals surface area (Å²) in [7, 11) is 0. The monoisotopic (exact) mass is 436 g/mol. The van der Waals surface area contributed by atoms with Gasteiger partial charge in [0.25, 0.3) is 0 Å². The van der Waals surface area contributed by atoms with E-state index >= 15 is 0 Å². The zero-order chi connectivity index (χ0) is 10.0. The second-order valence-corrected chi connectivity index (χ2v) is 5.24. The van der Waals surface area contributed by atoms with Crippen molar-refractivity contribution in [2.75, 3.05) is 5.33 Å². The molecule has 0 aliphatic heterocycles. The first-order chi connectivity index (χ1) is 6.06. The first kappa shape index (κ1) is 11.9. The van der Waals surface area contributed by atoms with E-state index in [1.807, 2.05) is 0 Å². The standard InChI is InChI=1S/C8H4Br2ClIO/c9-3-7(13)5-1-4(11)2-6(10)8(5)12/h1-2H,3H2. The molecule has 0 heterocycles. The molecule has 0 spiro atoms. The van der Waals surface area contributed by atoms with E-state index in [4.69, 9.17) is 11.6 Å². The lowest BCUT2D eigenvalue weighted by molar-refractivity contribution is 0.102. The molecule has 13 heavy (non-hydrogen) atoms. The van der Waals surface area contributed by atoms with Crippen LogP contribution in [0.1, 0.15) is 10.4 Å². The second-order valence-electron chi connectivity index (χ2n) is 2.31. The normalized spacial score (nSPS) is 10.2. The topological polar surface area (TPSA) is 17.1 Å². The van der Waals surface area contributed by atoms with Gasteiger partial charge in [0.1, 0.15) is 0 Å². The summed E-state index contributed by atoms with van der Waals surface area (Å²) in [5.74, 6) is 0.0348. The maximum atomic E-state index is 11.4. The largest absolute Gasteiger partial charge is 0.293 e. The Morgan fingerprint density at radius 1 is 1.54 bits per heavy atom. The predicted octanol–water partition coefficient (Wildman–Crippen LogP) is 4.28. The lowest BCUT2D eigenvalue weighted by Crippen LogP contribution is -2.03. The molecule has 0 fully saturated rings. The van der Waals surface area contributed by atoms with Gasteiger partial charge in [0.15, 0.2) is 5.78 Å². The van der Waals surface area contributed by atoms with Crippen molar-refractivity contribution in [2.45, 2.75) is 0 Å². The SMILES string of the molecule is O=C(CBr)c1cc(Cl)cc(Br)c1I. The molecule has 0 amide bonds. The van der Waals surface area contributed by atoms with Crippen LogP contribution in [0.4, 0.5) is 0 Å². The maximum absolute atomic E-state index is 11.4. The molecule has 70 valence electrons. The third-order valence-electron chi connectivity index (χ3n) is 1.41. The fraction of sp³-hybridized carbons (Fsp3) is 0.125. The molecule has 0 saturated carbocycles. The highest BCUT2D eigenvalue weighted by atomic mass is 127. The molecule has 0 atom stereocenters. The number of alkyl halides is 1. The van der Waals surface area contributed by atoms with Crippen molar-refractivity contribution in [3.63, 3.8) is 0 Å². The van der Waals surface area contributed by atoms with Gasteiger partial charge in [-0.25, -0.2) is 0 Å². The van der Waals surface area contributed by atoms with Crippen LogP contribution in [0.15, 0.2) is 16.6 Å². The van der Waals surface area contributed by atoms with Crippen LogP contribution in [0, 0.1) is 3.57 Å². The minimum Gasteiger partial charge on any atom is -0.293 e. The van der Waals surface area contributed by atoms with Gasteiger partial charge in [-0.15, -0.1) is 0 Å². The number of carbonyl (C=O) groups is 1. The molecule has 0 aliphatic carbocycles. The Kier molecular flexibility index (Phi) is 4.68. The van der Waals surface area contributed by atoms with Crippen LogP contribution in [0.5, 0.6) is 0 Å². The Hall–Kier alpha value is 0.870. The third-order valence-corrected chi connectivity index (χ3v) is 4.67. The highest BCUT2D eigenvalue weighted by molar-refractivity contribution is 14.1. The van der Waals surface area contributed by atoms with Crippen LogP contribution in [-0.2, 0) is 0 Å². The van der Waals surface area contributed by atoms with Crippen LogP contribution >= 0.6 is 66.1 Å². The summed E-state index contributed by atoms with van der Waals surface area (Å²) in [6, 6.07) is 3.45. The predicted molar refractivity (Wildman–Crippen MR) is 70.0 cm³/mol. The van der Waals surface area contributed by atoms with Gasteiger partial charge in [0, 0.05) is 18.6 Å². The third kappa shape index (κ3) is 2.91. The van der Waals surface area contributed by atoms with Crippen molar-refractivity contribution in [3.8, 4) is 0 Å². The molecule has 1 nitrogen and oxygen atoms in total. The Morgan fingerprint density at radius 2 is 2.15 bits per heavy atom. The van der Waals surface area contributed by atoms with Crippen molar-refractivity contribution in [1.82, 2.24) is 0 Å². The zero-order valence-electron chi connectivity index (χ0n) is 6.28. The first-order valence-corrected chi connectivity index (χ1v) is 6.67. The molecule has 5 heteroatoms. The lowest BCUT2D eigenvalue weighted by atomic mass is 10.1. The van der Waals surface area contributed by atoms with Crippen LogP contribution in [0.3, 0.4) is 0 Å². The van der Waals surface area contributed by atoms with Gasteiger partial charge in [-0.2, -0.15) is 0 Å². The van der Waals surface area contributed by atoms with Crippen LogP contribution in [-0.4, -0.2) is 11.1 Å². The summed E-state index contributed by atoms with van der Waals surface area (Å²) in [6.07, 6.45) is 0. The number of carbonyl (C=O) groups excluding carboxylic acids is 1. The fourth-order valence-electron chi connectivity index (χ4n) is 0.831. The summed E-state index contributed by atoms with van der Waals surface area (Å²) < 4.78 is 1.75. The molecule has 0 bridgehead atoms. The Morgan fingerprint density at radius 3 is 2.69 bits per heavy atom. The molecule has 1 rings (SSSR count). The van der Waals surface area contributed by atoms with Crippen LogP contribution in [0.2, 0.25) is 5.02 Å². The van der Waals surface area contributed by atoms with E-state index in [9.17, 15) is 4.79 Å². The van der Waals surface area contributed by atoms with E-state index in [1.54, 1.807) is 12.1 Å². The Balaban J connectivity index is 3.28. The average molecular weight is 438 g/mol. The number of hydrogen-bond acceptors (Lipinski definition) is 1. The molecule has 0 saturated heterocycles. The van der Waals surface area contributed by atoms with Gasteiger partial charge in [-0.05, 0) is 50.7 Å². The van der Waals surface area contributed by atoms with Gasteiger partial charge in [-0.3, -0.25) is 4.79 Å². The van der Waals surface area contributed by atoms with Crippen LogP contribution in [0.25, 0.3) is 0 Å². The molecule has 1 aromatic rings. The Labute approximate surface area is 112 Å². The quantitative estimate of drug-likeness (QED) is 0.292. The van der Waals surface area contributed by atoms with Crippen molar-refractivity contribution >= 4 is 71.8 Å². The molecule has 1 aromatic carbocycles. The summed E-state index contributed by atoms with van der Waals surface area (Å²) in [5.41, 5.74) is 0.650. The van der Waals surface area contributed by atoms with Crippen LogP contribution < -0.4 is 0 Å². The molecule has 0 aromatic heterocycles. The second kappa shape index (κ2) is 5.09. The van der Waals surface area contributed by atoms with E-state index in [-0.39, 0.29) is 5.78 Å². The van der Waals surface area contributed by atoms with E-state index in [2.05, 4.69) is 54.5 Å². The summed E-state index contributed by atoms with van der Waals surface area (Å²) >= 11 is 14.4. The van der Waals surface area contributed by atoms with Crippen molar-refractivity contribution in [1.29, 1.82) is 0 Å². The van der Waals surface area contributed by atoms with Gasteiger partial charge in [0.05, 0.1) is 5.33 Å². The maximum Gasteiger partial charge on any atom is 0.174 e. The number of Topliss-reactive ketones (excluding diaryl/α,β-unsaturated/α-hetero) is 1. The van der Waals surface area contributed by atoms with Crippen molar-refractivity contribution < 1.29 is 4.79 Å². The molecule has 0 unspecified atom stereocenters. The van der Waals surface area contributed by atoms with Crippen molar-refractivity contribution in [3.05, 3.63) is 30.8 Å². The highest BCUT2D eigenvalue weighted by Gasteiger charge is 2.12. The smallest absolute Gasteiger partial charge is 0.174 e. The van der Waals surface area contributed by atoms with E-state index in [1.165, 1.54) is 0 Å². The minimum absolute atomic E-state index is 0.0348. The molecule has 0 radical (unpaired) electrons. The summed E-state index contributed by atoms with van der Waals surface area (Å²) in [4.78, 5) is 11.4. The molecular formula is C8H4Br2ClIO. The lowest BCUT2D eigenvalue weighted by Gasteiger charge is -2.04. The van der Waals surface area contributed by atoms with E-state index in [0.29, 0.717) is 15.9 Å². The highest BCUT2D eigenvalue weighted by Crippen LogP contribution is 2.27. The number of ketones is 1. The summed E-state index contributed by atoms with van der Waals surface area (Å²) in [5, 5.41) is 0.882. The van der Waals surface area contributed by atoms with Gasteiger partial charge >= 0.3 is 0 Å². The first-order valence-electron chi connectivity index (χ1n) is 3.30. The Bertz CT molecular complexity index is 354. The van der Waals surface area contributed by atoms with E-state index in [0.717, 1.165) is 8.04 Å². The number of halogens is 4. The van der Waals surface area contributed by atoms with Crippen molar-refractivity contribution in [2.24, 2.45) is 0 Å². The number of hydrogen-bond donors (Lipinski definition) is 0. The van der Waals surface area contributed by atoms with E-state index < -0.39 is 0 Å². The number of benzene rings is 1. The fourth-order valence-corrected chi connectivity index (χ4v) is 2.56. The van der Waals surface area contributed by atoms with Gasteiger partial charge in [0.2, 0.25) is 0 Å². The average Bonchev–Trinajstić information content (AvgIpc) is 2.10. The van der Waals surface area contributed by atoms with Gasteiger partial charge < -0.3 is 0 Å². The minimum atomic E-state index is 0.0348.